The second kappa shape index (κ2) is 6.70. The summed E-state index contributed by atoms with van der Waals surface area (Å²) in [6.07, 6.45) is 5.78. The van der Waals surface area contributed by atoms with Gasteiger partial charge in [-0.25, -0.2) is 0 Å². The Morgan fingerprint density at radius 2 is 2.15 bits per heavy atom. The molecule has 0 radical (unpaired) electrons. The Morgan fingerprint density at radius 3 is 2.80 bits per heavy atom. The SMILES string of the molecule is CNC1CCCCC1Cc1ccc(OC)c([N+](=O)[O-])c1. The number of hydrogen-bond donors (Lipinski definition) is 1. The number of rotatable bonds is 5. The molecule has 2 rings (SSSR count). The van der Waals surface area contributed by atoms with E-state index in [1.54, 1.807) is 12.1 Å². The fourth-order valence-corrected chi connectivity index (χ4v) is 3.14. The first-order valence-electron chi connectivity index (χ1n) is 7.14. The van der Waals surface area contributed by atoms with Gasteiger partial charge >= 0.3 is 5.69 Å². The molecule has 1 aromatic carbocycles. The van der Waals surface area contributed by atoms with E-state index >= 15 is 0 Å². The van der Waals surface area contributed by atoms with Crippen molar-refractivity contribution in [2.75, 3.05) is 14.2 Å². The summed E-state index contributed by atoms with van der Waals surface area (Å²) in [6, 6.07) is 5.81. The summed E-state index contributed by atoms with van der Waals surface area (Å²) in [4.78, 5) is 10.7. The summed E-state index contributed by atoms with van der Waals surface area (Å²) in [5, 5.41) is 14.4. The van der Waals surface area contributed by atoms with Gasteiger partial charge in [-0.2, -0.15) is 0 Å². The molecule has 1 aliphatic carbocycles. The van der Waals surface area contributed by atoms with E-state index in [9.17, 15) is 10.1 Å². The van der Waals surface area contributed by atoms with Gasteiger partial charge in [-0.1, -0.05) is 18.9 Å². The number of nitro benzene ring substituents is 1. The maximum absolute atomic E-state index is 11.1. The van der Waals surface area contributed by atoms with Crippen LogP contribution in [0.4, 0.5) is 5.69 Å². The Morgan fingerprint density at radius 1 is 1.40 bits per heavy atom. The molecule has 5 nitrogen and oxygen atoms in total. The van der Waals surface area contributed by atoms with Crippen molar-refractivity contribution in [3.05, 3.63) is 33.9 Å². The third-order valence-electron chi connectivity index (χ3n) is 4.22. The van der Waals surface area contributed by atoms with Crippen molar-refractivity contribution in [2.45, 2.75) is 38.1 Å². The number of benzene rings is 1. The van der Waals surface area contributed by atoms with Crippen LogP contribution in [0.5, 0.6) is 5.75 Å². The van der Waals surface area contributed by atoms with E-state index in [0.717, 1.165) is 12.0 Å². The molecule has 20 heavy (non-hydrogen) atoms. The second-order valence-electron chi connectivity index (χ2n) is 5.41. The summed E-state index contributed by atoms with van der Waals surface area (Å²) in [5.41, 5.74) is 1.08. The van der Waals surface area contributed by atoms with Crippen LogP contribution in [-0.4, -0.2) is 25.1 Å². The molecule has 1 aliphatic rings. The molecule has 0 aliphatic heterocycles. The highest BCUT2D eigenvalue weighted by Gasteiger charge is 2.25. The van der Waals surface area contributed by atoms with Gasteiger partial charge in [-0.15, -0.1) is 0 Å². The summed E-state index contributed by atoms with van der Waals surface area (Å²) in [7, 11) is 3.46. The zero-order chi connectivity index (χ0) is 14.5. The van der Waals surface area contributed by atoms with Crippen LogP contribution in [0.2, 0.25) is 0 Å². The van der Waals surface area contributed by atoms with Crippen LogP contribution >= 0.6 is 0 Å². The van der Waals surface area contributed by atoms with Crippen LogP contribution in [0.3, 0.4) is 0 Å². The van der Waals surface area contributed by atoms with Crippen molar-refractivity contribution >= 4 is 5.69 Å². The van der Waals surface area contributed by atoms with Gasteiger partial charge in [0, 0.05) is 12.1 Å². The van der Waals surface area contributed by atoms with Crippen LogP contribution in [-0.2, 0) is 6.42 Å². The highest BCUT2D eigenvalue weighted by atomic mass is 16.6. The summed E-state index contributed by atoms with van der Waals surface area (Å²) in [6.45, 7) is 0. The normalized spacial score (nSPS) is 22.5. The first-order valence-corrected chi connectivity index (χ1v) is 7.14. The molecule has 1 fully saturated rings. The fourth-order valence-electron chi connectivity index (χ4n) is 3.14. The molecule has 1 N–H and O–H groups in total. The Kier molecular flexibility index (Phi) is 4.95. The zero-order valence-electron chi connectivity index (χ0n) is 12.1. The number of ether oxygens (including phenoxy) is 1. The first kappa shape index (κ1) is 14.8. The Bertz CT molecular complexity index is 476. The maximum atomic E-state index is 11.1. The minimum atomic E-state index is -0.376. The van der Waals surface area contributed by atoms with Crippen molar-refractivity contribution in [1.82, 2.24) is 5.32 Å². The van der Waals surface area contributed by atoms with Gasteiger partial charge in [-0.05, 0) is 43.9 Å². The smallest absolute Gasteiger partial charge is 0.311 e. The van der Waals surface area contributed by atoms with Crippen LogP contribution in [0, 0.1) is 16.0 Å². The van der Waals surface area contributed by atoms with E-state index in [1.807, 2.05) is 13.1 Å². The van der Waals surface area contributed by atoms with Crippen molar-refractivity contribution in [1.29, 1.82) is 0 Å². The topological polar surface area (TPSA) is 64.4 Å². The molecule has 0 spiro atoms. The van der Waals surface area contributed by atoms with E-state index in [0.29, 0.717) is 17.7 Å². The van der Waals surface area contributed by atoms with E-state index < -0.39 is 0 Å². The molecule has 1 aromatic rings. The van der Waals surface area contributed by atoms with Crippen molar-refractivity contribution in [3.63, 3.8) is 0 Å². The third-order valence-corrected chi connectivity index (χ3v) is 4.22. The number of hydrogen-bond acceptors (Lipinski definition) is 4. The lowest BCUT2D eigenvalue weighted by Gasteiger charge is -2.31. The number of nitrogens with zero attached hydrogens (tertiary/aromatic N) is 1. The molecule has 2 unspecified atom stereocenters. The van der Waals surface area contributed by atoms with Crippen molar-refractivity contribution in [2.24, 2.45) is 5.92 Å². The standard InChI is InChI=1S/C15H22N2O3/c1-16-13-6-4-3-5-12(13)9-11-7-8-15(20-2)14(10-11)17(18)19/h7-8,10,12-13,16H,3-6,9H2,1-2H3. The number of nitro groups is 1. The van der Waals surface area contributed by atoms with E-state index in [4.69, 9.17) is 4.74 Å². The quantitative estimate of drug-likeness (QED) is 0.664. The highest BCUT2D eigenvalue weighted by molar-refractivity contribution is 5.48. The number of methoxy groups -OCH3 is 1. The molecular formula is C15H22N2O3. The van der Waals surface area contributed by atoms with Gasteiger partial charge in [0.1, 0.15) is 0 Å². The van der Waals surface area contributed by atoms with E-state index in [-0.39, 0.29) is 10.6 Å². The van der Waals surface area contributed by atoms with Crippen molar-refractivity contribution < 1.29 is 9.66 Å². The summed E-state index contributed by atoms with van der Waals surface area (Å²) >= 11 is 0. The molecule has 5 heteroatoms. The molecule has 0 heterocycles. The van der Waals surface area contributed by atoms with Crippen LogP contribution in [0.1, 0.15) is 31.2 Å². The van der Waals surface area contributed by atoms with E-state index in [2.05, 4.69) is 5.32 Å². The maximum Gasteiger partial charge on any atom is 0.311 e. The average Bonchev–Trinajstić information content (AvgIpc) is 2.47. The van der Waals surface area contributed by atoms with Gasteiger partial charge in [-0.3, -0.25) is 10.1 Å². The van der Waals surface area contributed by atoms with Crippen LogP contribution in [0.25, 0.3) is 0 Å². The van der Waals surface area contributed by atoms with Gasteiger partial charge < -0.3 is 10.1 Å². The molecule has 0 amide bonds. The summed E-state index contributed by atoms with van der Waals surface area (Å²) in [5.74, 6) is 0.884. The number of nitrogens with one attached hydrogen (secondary N) is 1. The lowest BCUT2D eigenvalue weighted by molar-refractivity contribution is -0.385. The monoisotopic (exact) mass is 278 g/mol. The van der Waals surface area contributed by atoms with Gasteiger partial charge in [0.25, 0.3) is 0 Å². The minimum absolute atomic E-state index is 0.0572. The largest absolute Gasteiger partial charge is 0.490 e. The molecule has 0 saturated heterocycles. The third kappa shape index (κ3) is 3.28. The predicted octanol–water partition coefficient (Wildman–Crippen LogP) is 2.92. The molecular weight excluding hydrogens is 256 g/mol. The van der Waals surface area contributed by atoms with Gasteiger partial charge in [0.05, 0.1) is 12.0 Å². The first-order chi connectivity index (χ1) is 9.65. The fraction of sp³-hybridized carbons (Fsp3) is 0.600. The van der Waals surface area contributed by atoms with Crippen molar-refractivity contribution in [3.8, 4) is 5.75 Å². The lowest BCUT2D eigenvalue weighted by Crippen LogP contribution is -2.37. The molecule has 0 bridgehead atoms. The zero-order valence-corrected chi connectivity index (χ0v) is 12.1. The minimum Gasteiger partial charge on any atom is -0.490 e. The van der Waals surface area contributed by atoms with Gasteiger partial charge in [0.2, 0.25) is 0 Å². The second-order valence-corrected chi connectivity index (χ2v) is 5.41. The Balaban J connectivity index is 2.16. The predicted molar refractivity (Wildman–Crippen MR) is 78.2 cm³/mol. The Hall–Kier alpha value is -1.62. The van der Waals surface area contributed by atoms with E-state index in [1.165, 1.54) is 32.8 Å². The van der Waals surface area contributed by atoms with Crippen LogP contribution in [0.15, 0.2) is 18.2 Å². The average molecular weight is 278 g/mol. The Labute approximate surface area is 119 Å². The summed E-state index contributed by atoms with van der Waals surface area (Å²) < 4.78 is 5.04. The lowest BCUT2D eigenvalue weighted by atomic mass is 9.81. The molecule has 0 aromatic heterocycles. The molecule has 110 valence electrons. The molecule has 2 atom stereocenters. The van der Waals surface area contributed by atoms with Crippen LogP contribution < -0.4 is 10.1 Å². The van der Waals surface area contributed by atoms with Gasteiger partial charge in [0.15, 0.2) is 5.75 Å². The molecule has 1 saturated carbocycles. The highest BCUT2D eigenvalue weighted by Crippen LogP contribution is 2.31.